The Morgan fingerprint density at radius 1 is 0.411 bits per heavy atom. The van der Waals surface area contributed by atoms with Crippen molar-refractivity contribution in [3.8, 4) is 56.0 Å². The summed E-state index contributed by atoms with van der Waals surface area (Å²) in [6.07, 6.45) is 0.940. The van der Waals surface area contributed by atoms with Crippen LogP contribution in [0.1, 0.15) is 59.1 Å². The van der Waals surface area contributed by atoms with Crippen molar-refractivity contribution in [2.45, 2.75) is 89.7 Å². The molecule has 0 saturated heterocycles. The zero-order chi connectivity index (χ0) is 63.6. The molecule has 1 aliphatic carbocycles. The third-order valence-corrected chi connectivity index (χ3v) is 21.5. The molecule has 12 aromatic carbocycles. The van der Waals surface area contributed by atoms with Crippen LogP contribution in [0.15, 0.2) is 270 Å². The average molecular weight is 1230 g/mol. The predicted molar refractivity (Wildman–Crippen MR) is 396 cm³/mol. The van der Waals surface area contributed by atoms with E-state index >= 15 is 0 Å². The Kier molecular flexibility index (Phi) is 12.4. The number of fused-ring (bicyclic) bond motifs is 17. The molecule has 8 heteroatoms. The van der Waals surface area contributed by atoms with Crippen LogP contribution in [0, 0.1) is 5.41 Å². The Morgan fingerprint density at radius 3 is 1.40 bits per heavy atom. The summed E-state index contributed by atoms with van der Waals surface area (Å²) < 4.78 is 30.2. The van der Waals surface area contributed by atoms with Gasteiger partial charge in [-0.3, -0.25) is 0 Å². The van der Waals surface area contributed by atoms with Crippen LogP contribution in [0.4, 0.5) is 28.4 Å². The van der Waals surface area contributed by atoms with E-state index in [0.717, 1.165) is 89.7 Å². The standard InChI is InChI=1S/C87H70B2N2O4/c1-86(2,3)51-52-41-42-64-67(47-52)90(81-58(53-25-11-7-12-26-53)35-23-36-59(81)54-27-13-8-14-28-54)68-48-57(87(4,5)6)49-69-78(68)89(64)79-70(91(69)82-60(55-29-15-9-16-30-55)37-24-38-61(82)56-31-17-10-18-32-56)50-75-80-85(79)95-84-66(44-46-74-77(84)63-34-20-22-40-72(63)93-74)88(80)65-43-45-73-76(83(65)94-75)62-33-19-21-39-71(62)92-73/h7-49,70,75,79-80,85H,50-51H2,1-6H3. The number of ether oxygens (including phenoxy) is 2. The molecular weight excluding hydrogens is 1160 g/mol. The Labute approximate surface area is 555 Å². The Morgan fingerprint density at radius 2 is 0.884 bits per heavy atom. The first-order valence-electron chi connectivity index (χ1n) is 34.0. The molecule has 458 valence electrons. The van der Waals surface area contributed by atoms with Crippen LogP contribution in [0.3, 0.4) is 0 Å². The molecular formula is C87H70B2N2O4. The zero-order valence-corrected chi connectivity index (χ0v) is 54.3. The third-order valence-electron chi connectivity index (χ3n) is 21.5. The lowest BCUT2D eigenvalue weighted by Crippen LogP contribution is -2.73. The Balaban J connectivity index is 0.972. The molecule has 19 rings (SSSR count). The van der Waals surface area contributed by atoms with Crippen LogP contribution >= 0.6 is 0 Å². The van der Waals surface area contributed by atoms with E-state index in [1.807, 2.05) is 0 Å². The minimum Gasteiger partial charge on any atom is -0.491 e. The molecule has 14 aromatic rings. The van der Waals surface area contributed by atoms with Gasteiger partial charge in [0.2, 0.25) is 13.4 Å². The highest BCUT2D eigenvalue weighted by Gasteiger charge is 2.65. The fraction of sp³-hybridized carbons (Fsp3) is 0.172. The van der Waals surface area contributed by atoms with Crippen molar-refractivity contribution in [3.05, 3.63) is 272 Å². The predicted octanol–water partition coefficient (Wildman–Crippen LogP) is 19.9. The van der Waals surface area contributed by atoms with Gasteiger partial charge in [0, 0.05) is 74.2 Å². The first kappa shape index (κ1) is 56.1. The van der Waals surface area contributed by atoms with Gasteiger partial charge in [-0.25, -0.2) is 0 Å². The number of hydrogen-bond acceptors (Lipinski definition) is 6. The van der Waals surface area contributed by atoms with E-state index in [-0.39, 0.29) is 54.1 Å². The molecule has 95 heavy (non-hydrogen) atoms. The molecule has 0 spiro atoms. The van der Waals surface area contributed by atoms with Crippen molar-refractivity contribution in [2.75, 3.05) is 9.80 Å². The van der Waals surface area contributed by atoms with Crippen LogP contribution in [0.25, 0.3) is 88.4 Å². The maximum Gasteiger partial charge on any atom is 0.229 e. The average Bonchev–Trinajstić information content (AvgIpc) is 0.872. The summed E-state index contributed by atoms with van der Waals surface area (Å²) in [5.41, 5.74) is 25.9. The summed E-state index contributed by atoms with van der Waals surface area (Å²) in [4.78, 5) is 5.58. The van der Waals surface area contributed by atoms with Gasteiger partial charge in [-0.1, -0.05) is 260 Å². The Hall–Kier alpha value is -10.4. The lowest BCUT2D eigenvalue weighted by Gasteiger charge is -2.60. The first-order valence-corrected chi connectivity index (χ1v) is 34.0. The lowest BCUT2D eigenvalue weighted by molar-refractivity contribution is 0.0530. The zero-order valence-electron chi connectivity index (χ0n) is 54.3. The van der Waals surface area contributed by atoms with Gasteiger partial charge in [0.05, 0.1) is 28.3 Å². The molecule has 6 nitrogen and oxygen atoms in total. The third kappa shape index (κ3) is 8.65. The van der Waals surface area contributed by atoms with E-state index in [4.69, 9.17) is 18.3 Å². The highest BCUT2D eigenvalue weighted by molar-refractivity contribution is 6.92. The second-order valence-electron chi connectivity index (χ2n) is 29.4. The second kappa shape index (κ2) is 21.0. The second-order valence-corrected chi connectivity index (χ2v) is 29.4. The number of para-hydroxylation sites is 4. The molecule has 4 aliphatic heterocycles. The van der Waals surface area contributed by atoms with Gasteiger partial charge >= 0.3 is 0 Å². The summed E-state index contributed by atoms with van der Waals surface area (Å²) in [6.45, 7) is 14.0. The number of hydrogen-bond donors (Lipinski definition) is 0. The topological polar surface area (TPSA) is 51.2 Å². The van der Waals surface area contributed by atoms with Crippen molar-refractivity contribution in [2.24, 2.45) is 5.41 Å². The Bertz CT molecular complexity index is 5300. The number of furan rings is 2. The largest absolute Gasteiger partial charge is 0.491 e. The number of benzene rings is 12. The quantitative estimate of drug-likeness (QED) is 0.148. The highest BCUT2D eigenvalue weighted by Crippen LogP contribution is 2.61. The van der Waals surface area contributed by atoms with Crippen molar-refractivity contribution in [1.82, 2.24) is 0 Å². The number of nitrogens with zero attached hydrogens (tertiary/aromatic N) is 2. The molecule has 6 heterocycles. The fourth-order valence-electron chi connectivity index (χ4n) is 17.7. The van der Waals surface area contributed by atoms with E-state index in [0.29, 0.717) is 6.42 Å². The van der Waals surface area contributed by atoms with Gasteiger partial charge < -0.3 is 28.1 Å². The van der Waals surface area contributed by atoms with Gasteiger partial charge in [-0.05, 0) is 115 Å². The summed E-state index contributed by atoms with van der Waals surface area (Å²) >= 11 is 0. The van der Waals surface area contributed by atoms with Gasteiger partial charge in [-0.15, -0.1) is 0 Å². The fourth-order valence-corrected chi connectivity index (χ4v) is 17.7. The number of rotatable bonds is 7. The molecule has 0 N–H and O–H groups in total. The van der Waals surface area contributed by atoms with E-state index in [2.05, 4.69) is 312 Å². The van der Waals surface area contributed by atoms with Crippen LogP contribution < -0.4 is 41.1 Å². The van der Waals surface area contributed by atoms with Gasteiger partial charge in [0.25, 0.3) is 0 Å². The van der Waals surface area contributed by atoms with E-state index in [1.54, 1.807) is 0 Å². The minimum absolute atomic E-state index is 0.0132. The maximum atomic E-state index is 8.45. The molecule has 0 bridgehead atoms. The van der Waals surface area contributed by atoms with E-state index in [9.17, 15) is 0 Å². The molecule has 0 radical (unpaired) electrons. The molecule has 1 fully saturated rings. The normalized spacial score (nSPS) is 18.4. The van der Waals surface area contributed by atoms with Crippen molar-refractivity contribution in [3.63, 3.8) is 0 Å². The molecule has 0 amide bonds. The first-order chi connectivity index (χ1) is 46.4. The molecule has 5 unspecified atom stereocenters. The number of anilines is 5. The molecule has 5 aliphatic rings. The summed E-state index contributed by atoms with van der Waals surface area (Å²) in [6, 6.07) is 96.9. The molecule has 2 aromatic heterocycles. The molecule has 1 saturated carbocycles. The smallest absolute Gasteiger partial charge is 0.229 e. The van der Waals surface area contributed by atoms with Crippen LogP contribution in [0.2, 0.25) is 11.6 Å². The summed E-state index contributed by atoms with van der Waals surface area (Å²) in [5, 5.41) is 4.17. The van der Waals surface area contributed by atoms with E-state index in [1.165, 1.54) is 78.0 Å². The van der Waals surface area contributed by atoms with Crippen molar-refractivity contribution >= 4 is 108 Å². The van der Waals surface area contributed by atoms with E-state index < -0.39 is 0 Å². The van der Waals surface area contributed by atoms with Gasteiger partial charge in [0.15, 0.2) is 0 Å². The minimum atomic E-state index is -0.384. The van der Waals surface area contributed by atoms with Gasteiger partial charge in [0.1, 0.15) is 39.9 Å². The molecule has 5 atom stereocenters. The van der Waals surface area contributed by atoms with Gasteiger partial charge in [-0.2, -0.15) is 0 Å². The van der Waals surface area contributed by atoms with Crippen molar-refractivity contribution < 1.29 is 18.3 Å². The van der Waals surface area contributed by atoms with Crippen molar-refractivity contribution in [1.29, 1.82) is 0 Å². The van der Waals surface area contributed by atoms with Crippen LogP contribution in [-0.2, 0) is 11.8 Å². The SMILES string of the molecule is CC(C)(C)Cc1ccc2c(c1)N(c1c(-c3ccccc3)cccc1-c1ccccc1)c1cc(C(C)(C)C)cc3c1B2C1C2Oc4c(ccc5oc6ccccc6c45)B4c5ccc6oc7ccccc7c6c5OC(CC1N3c1c(-c3ccccc3)cccc1-c1ccccc1)C42. The maximum absolute atomic E-state index is 8.45. The highest BCUT2D eigenvalue weighted by atomic mass is 16.5. The summed E-state index contributed by atoms with van der Waals surface area (Å²) in [5.74, 6) is 1.55. The monoisotopic (exact) mass is 1230 g/mol. The van der Waals surface area contributed by atoms with Crippen LogP contribution in [-0.4, -0.2) is 31.7 Å². The van der Waals surface area contributed by atoms with Crippen LogP contribution in [0.5, 0.6) is 11.5 Å². The summed E-state index contributed by atoms with van der Waals surface area (Å²) in [7, 11) is 0. The lowest BCUT2D eigenvalue weighted by atomic mass is 9.21.